The maximum atomic E-state index is 13.4. The number of carbonyl (C=O) groups is 2. The Kier molecular flexibility index (Phi) is 10.6. The maximum Gasteiger partial charge on any atom is 0.331 e. The van der Waals surface area contributed by atoms with E-state index in [9.17, 15) is 18.0 Å². The van der Waals surface area contributed by atoms with Gasteiger partial charge in [-0.1, -0.05) is 47.5 Å². The Balaban J connectivity index is 1.52. The number of pyridine rings is 1. The van der Waals surface area contributed by atoms with Gasteiger partial charge in [0.1, 0.15) is 4.90 Å². The van der Waals surface area contributed by atoms with Gasteiger partial charge >= 0.3 is 5.97 Å². The molecule has 0 unspecified atom stereocenters. The first-order valence-electron chi connectivity index (χ1n) is 13.2. The van der Waals surface area contributed by atoms with E-state index in [1.807, 2.05) is 0 Å². The molecule has 1 aliphatic rings. The van der Waals surface area contributed by atoms with Crippen LogP contribution in [0.4, 0.5) is 11.4 Å². The number of rotatable bonds is 9. The Labute approximate surface area is 259 Å². The first-order chi connectivity index (χ1) is 20.5. The van der Waals surface area contributed by atoms with Crippen LogP contribution in [0.3, 0.4) is 0 Å². The highest BCUT2D eigenvalue weighted by atomic mass is 35.5. The largest absolute Gasteiger partial charge is 0.467 e. The molecule has 3 aromatic rings. The topological polar surface area (TPSA) is 159 Å². The number of nitrogens with one attached hydrogen (secondary N) is 2. The highest BCUT2D eigenvalue weighted by molar-refractivity contribution is 7.89. The zero-order valence-corrected chi connectivity index (χ0v) is 25.8. The number of halogens is 2. The third kappa shape index (κ3) is 7.61. The predicted molar refractivity (Wildman–Crippen MR) is 166 cm³/mol. The Hall–Kier alpha value is -3.75. The summed E-state index contributed by atoms with van der Waals surface area (Å²) in [4.78, 5) is 35.1. The smallest absolute Gasteiger partial charge is 0.331 e. The number of carbonyl (C=O) groups excluding carboxylic acids is 2. The molecule has 4 rings (SSSR count). The zero-order valence-electron chi connectivity index (χ0n) is 23.5. The second-order valence-electron chi connectivity index (χ2n) is 9.54. The van der Waals surface area contributed by atoms with Gasteiger partial charge in [0.05, 0.1) is 28.4 Å². The summed E-state index contributed by atoms with van der Waals surface area (Å²) in [6.45, 7) is 1.81. The maximum absolute atomic E-state index is 13.4. The van der Waals surface area contributed by atoms with Crippen molar-refractivity contribution in [2.45, 2.75) is 17.4 Å². The van der Waals surface area contributed by atoms with Crippen LogP contribution in [0.25, 0.3) is 0 Å². The molecule has 0 saturated carbocycles. The van der Waals surface area contributed by atoms with Gasteiger partial charge in [0, 0.05) is 57.7 Å². The Morgan fingerprint density at radius 2 is 1.74 bits per heavy atom. The summed E-state index contributed by atoms with van der Waals surface area (Å²) in [5.74, 6) is -1.21. The van der Waals surface area contributed by atoms with Gasteiger partial charge in [0.25, 0.3) is 5.91 Å². The number of sulfonamides is 1. The number of guanidine groups is 1. The summed E-state index contributed by atoms with van der Waals surface area (Å²) < 4.78 is 33.3. The number of amides is 1. The molecule has 12 nitrogen and oxygen atoms in total. The molecule has 0 radical (unpaired) electrons. The van der Waals surface area contributed by atoms with Gasteiger partial charge in [0.2, 0.25) is 10.0 Å². The molecule has 1 atom stereocenters. The van der Waals surface area contributed by atoms with Crippen LogP contribution in [0.15, 0.2) is 70.8 Å². The van der Waals surface area contributed by atoms with Gasteiger partial charge in [0.15, 0.2) is 12.0 Å². The van der Waals surface area contributed by atoms with Crippen molar-refractivity contribution in [1.82, 2.24) is 14.6 Å². The quantitative estimate of drug-likeness (QED) is 0.180. The van der Waals surface area contributed by atoms with Gasteiger partial charge in [-0.25, -0.2) is 18.2 Å². The number of piperazine rings is 1. The van der Waals surface area contributed by atoms with Crippen molar-refractivity contribution in [2.75, 3.05) is 50.6 Å². The number of hydrogen-bond acceptors (Lipinski definition) is 8. The van der Waals surface area contributed by atoms with Gasteiger partial charge < -0.3 is 26.0 Å². The Morgan fingerprint density at radius 1 is 1.12 bits per heavy atom. The minimum absolute atomic E-state index is 0.0756. The molecule has 1 saturated heterocycles. The number of nitrogens with zero attached hydrogens (tertiary/aromatic N) is 4. The van der Waals surface area contributed by atoms with E-state index in [4.69, 9.17) is 33.7 Å². The summed E-state index contributed by atoms with van der Waals surface area (Å²) in [6, 6.07) is 12.2. The van der Waals surface area contributed by atoms with E-state index < -0.39 is 27.9 Å². The van der Waals surface area contributed by atoms with E-state index in [-0.39, 0.29) is 32.9 Å². The fraction of sp³-hybridized carbons (Fsp3) is 0.286. The molecule has 15 heteroatoms. The standard InChI is InChI=1S/C28H31Cl2N7O5S/c1-36(23-5-3-4-6-24(23)43(40,41)37-13-11-32-12-14-37)28(31)35-22(27(39)42-2)15-18-7-9-19(10-8-18)34-26(38)25-20(29)16-33-17-21(25)30/h3-10,16-17,22,32H,11-15H2,1-2H3,(H2,31,35)(H,34,38)/t22-/m0/s1. The monoisotopic (exact) mass is 647 g/mol. The van der Waals surface area contributed by atoms with Crippen LogP contribution in [0.2, 0.25) is 10.0 Å². The number of benzene rings is 2. The van der Waals surface area contributed by atoms with Crippen LogP contribution in [0.1, 0.15) is 15.9 Å². The van der Waals surface area contributed by atoms with Crippen molar-refractivity contribution in [2.24, 2.45) is 10.7 Å². The molecular weight excluding hydrogens is 617 g/mol. The third-order valence-electron chi connectivity index (χ3n) is 6.75. The number of hydrogen-bond donors (Lipinski definition) is 3. The molecule has 1 aromatic heterocycles. The van der Waals surface area contributed by atoms with Crippen LogP contribution < -0.4 is 21.3 Å². The molecule has 0 bridgehead atoms. The molecule has 0 aliphatic carbocycles. The highest BCUT2D eigenvalue weighted by Gasteiger charge is 2.30. The highest BCUT2D eigenvalue weighted by Crippen LogP contribution is 2.28. The van der Waals surface area contributed by atoms with Crippen molar-refractivity contribution in [3.63, 3.8) is 0 Å². The molecular formula is C28H31Cl2N7O5S. The molecule has 0 spiro atoms. The molecule has 1 amide bonds. The zero-order chi connectivity index (χ0) is 31.1. The van der Waals surface area contributed by atoms with E-state index >= 15 is 0 Å². The van der Waals surface area contributed by atoms with Gasteiger partial charge in [-0.05, 0) is 29.8 Å². The second kappa shape index (κ2) is 14.1. The average molecular weight is 649 g/mol. The molecule has 2 aromatic carbocycles. The number of ether oxygens (including phenoxy) is 1. The summed E-state index contributed by atoms with van der Waals surface area (Å²) in [5, 5.41) is 6.10. The number of para-hydroxylation sites is 1. The van der Waals surface area contributed by atoms with E-state index in [0.717, 1.165) is 0 Å². The van der Waals surface area contributed by atoms with Crippen molar-refractivity contribution < 1.29 is 22.7 Å². The van der Waals surface area contributed by atoms with E-state index in [2.05, 4.69) is 20.6 Å². The first kappa shape index (κ1) is 32.2. The van der Waals surface area contributed by atoms with Crippen LogP contribution in [0.5, 0.6) is 0 Å². The van der Waals surface area contributed by atoms with Crippen molar-refractivity contribution in [3.05, 3.63) is 82.1 Å². The van der Waals surface area contributed by atoms with Crippen LogP contribution in [0, 0.1) is 0 Å². The summed E-state index contributed by atoms with van der Waals surface area (Å²) >= 11 is 12.1. The number of nitrogens with two attached hydrogens (primary N) is 1. The summed E-state index contributed by atoms with van der Waals surface area (Å²) in [5.41, 5.74) is 7.92. The summed E-state index contributed by atoms with van der Waals surface area (Å²) in [6.07, 6.45) is 2.77. The molecule has 1 fully saturated rings. The third-order valence-corrected chi connectivity index (χ3v) is 9.27. The minimum Gasteiger partial charge on any atom is -0.467 e. The average Bonchev–Trinajstić information content (AvgIpc) is 3.01. The van der Waals surface area contributed by atoms with Crippen LogP contribution in [-0.4, -0.2) is 81.9 Å². The van der Waals surface area contributed by atoms with Gasteiger partial charge in [-0.15, -0.1) is 0 Å². The van der Waals surface area contributed by atoms with E-state index in [1.165, 1.54) is 34.8 Å². The van der Waals surface area contributed by atoms with Gasteiger partial charge in [-0.2, -0.15) is 4.31 Å². The SMILES string of the molecule is COC(=O)[C@H](Cc1ccc(NC(=O)c2c(Cl)cncc2Cl)cc1)N=C(N)N(C)c1ccccc1S(=O)(=O)N1CCNCC1. The number of esters is 1. The lowest BCUT2D eigenvalue weighted by Gasteiger charge is -2.29. The first-order valence-corrected chi connectivity index (χ1v) is 15.4. The van der Waals surface area contributed by atoms with Crippen molar-refractivity contribution >= 4 is 62.4 Å². The van der Waals surface area contributed by atoms with E-state index in [1.54, 1.807) is 49.5 Å². The van der Waals surface area contributed by atoms with Crippen molar-refractivity contribution in [1.29, 1.82) is 0 Å². The molecule has 43 heavy (non-hydrogen) atoms. The lowest BCUT2D eigenvalue weighted by molar-refractivity contribution is -0.142. The summed E-state index contributed by atoms with van der Waals surface area (Å²) in [7, 11) is -0.977. The fourth-order valence-corrected chi connectivity index (χ4v) is 6.63. The fourth-order valence-electron chi connectivity index (χ4n) is 4.43. The second-order valence-corrected chi connectivity index (χ2v) is 12.3. The van der Waals surface area contributed by atoms with Crippen molar-refractivity contribution in [3.8, 4) is 0 Å². The minimum atomic E-state index is -3.80. The number of anilines is 2. The number of aliphatic imine (C=N–C) groups is 1. The Morgan fingerprint density at radius 3 is 2.37 bits per heavy atom. The lowest BCUT2D eigenvalue weighted by atomic mass is 10.1. The van der Waals surface area contributed by atoms with Crippen LogP contribution >= 0.6 is 23.2 Å². The normalized spacial score (nSPS) is 15.0. The predicted octanol–water partition coefficient (Wildman–Crippen LogP) is 2.77. The molecule has 228 valence electrons. The molecule has 2 heterocycles. The Bertz CT molecular complexity index is 1590. The van der Waals surface area contributed by atoms with Crippen LogP contribution in [-0.2, 0) is 26.0 Å². The van der Waals surface area contributed by atoms with E-state index in [0.29, 0.717) is 43.1 Å². The lowest BCUT2D eigenvalue weighted by Crippen LogP contribution is -2.46. The number of aromatic nitrogens is 1. The van der Waals surface area contributed by atoms with Gasteiger partial charge in [-0.3, -0.25) is 9.78 Å². The molecule has 4 N–H and O–H groups in total. The number of methoxy groups -OCH3 is 1. The molecule has 1 aliphatic heterocycles.